The van der Waals surface area contributed by atoms with E-state index in [2.05, 4.69) is 31.1 Å². The fourth-order valence-corrected chi connectivity index (χ4v) is 6.44. The van der Waals surface area contributed by atoms with Crippen LogP contribution in [0.4, 0.5) is 0 Å². The minimum atomic E-state index is -4.53. The molecule has 16 heteroatoms. The van der Waals surface area contributed by atoms with Crippen molar-refractivity contribution in [2.45, 2.75) is 10.3 Å². The molecule has 33 heavy (non-hydrogen) atoms. The van der Waals surface area contributed by atoms with Gasteiger partial charge in [-0.1, -0.05) is 10.2 Å². The Labute approximate surface area is 187 Å². The summed E-state index contributed by atoms with van der Waals surface area (Å²) in [5.74, 6) is 1.06. The predicted molar refractivity (Wildman–Crippen MR) is 111 cm³/mol. The Morgan fingerprint density at radius 1 is 0.667 bits per heavy atom. The monoisotopic (exact) mass is 492 g/mol. The third kappa shape index (κ3) is 4.37. The van der Waals surface area contributed by atoms with E-state index >= 15 is 0 Å². The number of sulfone groups is 2. The van der Waals surface area contributed by atoms with Crippen LogP contribution in [0.2, 0.25) is 0 Å². The van der Waals surface area contributed by atoms with Crippen LogP contribution in [0.15, 0.2) is 58.8 Å². The molecule has 4 rings (SSSR count). The van der Waals surface area contributed by atoms with Crippen LogP contribution in [-0.4, -0.2) is 76.6 Å². The number of hydrogen-bond acceptors (Lipinski definition) is 12. The summed E-state index contributed by atoms with van der Waals surface area (Å²) >= 11 is 0. The maximum Gasteiger partial charge on any atom is 0.273 e. The summed E-state index contributed by atoms with van der Waals surface area (Å²) in [5.41, 5.74) is 0.583. The summed E-state index contributed by atoms with van der Waals surface area (Å²) in [5, 5.41) is 18.5. The molecule has 0 aliphatic carbocycles. The largest absolute Gasteiger partial charge is 0.497 e. The standard InChI is InChI=1S/C17H16N8O6S2/c1-30-14-7-3-12(4-8-14)24-16(18-20-22-24)32(26,27)11-33(28,29)17-19-21-23-25(17)13-5-9-15(31-2)10-6-13/h3-10H,11H2,1-2H3. The zero-order valence-electron chi connectivity index (χ0n) is 17.2. The Balaban J connectivity index is 1.67. The van der Waals surface area contributed by atoms with Gasteiger partial charge in [-0.15, -0.1) is 0 Å². The van der Waals surface area contributed by atoms with Gasteiger partial charge in [-0.25, -0.2) is 16.8 Å². The smallest absolute Gasteiger partial charge is 0.273 e. The highest BCUT2D eigenvalue weighted by molar-refractivity contribution is 8.07. The van der Waals surface area contributed by atoms with E-state index < -0.39 is 35.1 Å². The first-order valence-corrected chi connectivity index (χ1v) is 12.4. The van der Waals surface area contributed by atoms with Crippen molar-refractivity contribution in [1.82, 2.24) is 40.4 Å². The molecule has 2 aromatic heterocycles. The minimum absolute atomic E-state index is 0.292. The average Bonchev–Trinajstić information content (AvgIpc) is 3.49. The number of ether oxygens (including phenoxy) is 2. The fraction of sp³-hybridized carbons (Fsp3) is 0.176. The molecule has 2 aromatic carbocycles. The molecule has 0 saturated heterocycles. The normalized spacial score (nSPS) is 11.9. The van der Waals surface area contributed by atoms with Crippen molar-refractivity contribution >= 4 is 19.7 Å². The van der Waals surface area contributed by atoms with Gasteiger partial charge in [0.1, 0.15) is 11.5 Å². The van der Waals surface area contributed by atoms with E-state index in [1.807, 2.05) is 0 Å². The van der Waals surface area contributed by atoms with Gasteiger partial charge in [0.25, 0.3) is 10.3 Å². The summed E-state index contributed by atoms with van der Waals surface area (Å²) in [6, 6.07) is 12.4. The van der Waals surface area contributed by atoms with Crippen molar-refractivity contribution in [2.24, 2.45) is 0 Å². The first-order chi connectivity index (χ1) is 15.7. The summed E-state index contributed by atoms with van der Waals surface area (Å²) < 4.78 is 63.9. The lowest BCUT2D eigenvalue weighted by atomic mass is 10.3. The Kier molecular flexibility index (Phi) is 5.77. The van der Waals surface area contributed by atoms with Crippen LogP contribution in [0.3, 0.4) is 0 Å². The van der Waals surface area contributed by atoms with Crippen LogP contribution in [-0.2, 0) is 19.7 Å². The maximum atomic E-state index is 13.0. The Bertz CT molecular complexity index is 1370. The van der Waals surface area contributed by atoms with Gasteiger partial charge >= 0.3 is 0 Å². The lowest BCUT2D eigenvalue weighted by Crippen LogP contribution is -2.23. The van der Waals surface area contributed by atoms with E-state index in [0.29, 0.717) is 22.9 Å². The summed E-state index contributed by atoms with van der Waals surface area (Å²) in [6.45, 7) is 0. The van der Waals surface area contributed by atoms with Crippen LogP contribution in [0.1, 0.15) is 0 Å². The molecule has 172 valence electrons. The van der Waals surface area contributed by atoms with Gasteiger partial charge < -0.3 is 9.47 Å². The van der Waals surface area contributed by atoms with Crippen molar-refractivity contribution in [3.8, 4) is 22.9 Å². The zero-order valence-corrected chi connectivity index (χ0v) is 18.8. The van der Waals surface area contributed by atoms with Crippen molar-refractivity contribution in [1.29, 1.82) is 0 Å². The van der Waals surface area contributed by atoms with Crippen molar-refractivity contribution in [3.63, 3.8) is 0 Å². The highest BCUT2D eigenvalue weighted by Gasteiger charge is 2.35. The topological polar surface area (TPSA) is 174 Å². The van der Waals surface area contributed by atoms with Crippen LogP contribution in [0.25, 0.3) is 11.4 Å². The molecule has 0 fully saturated rings. The van der Waals surface area contributed by atoms with E-state index in [0.717, 1.165) is 9.36 Å². The molecular weight excluding hydrogens is 476 g/mol. The van der Waals surface area contributed by atoms with E-state index in [1.54, 1.807) is 24.3 Å². The zero-order chi connectivity index (χ0) is 23.6. The molecule has 0 amide bonds. The summed E-state index contributed by atoms with van der Waals surface area (Å²) in [7, 11) is -6.10. The van der Waals surface area contributed by atoms with Gasteiger partial charge in [-0.2, -0.15) is 9.36 Å². The van der Waals surface area contributed by atoms with Gasteiger partial charge in [0.2, 0.25) is 19.7 Å². The molecule has 2 heterocycles. The Morgan fingerprint density at radius 2 is 1.03 bits per heavy atom. The van der Waals surface area contributed by atoms with E-state index in [9.17, 15) is 16.8 Å². The fourth-order valence-electron chi connectivity index (χ4n) is 2.83. The van der Waals surface area contributed by atoms with Gasteiger partial charge in [0.05, 0.1) is 25.6 Å². The second-order valence-electron chi connectivity index (χ2n) is 6.49. The lowest BCUT2D eigenvalue weighted by molar-refractivity contribution is 0.414. The number of nitrogens with zero attached hydrogens (tertiary/aromatic N) is 8. The number of hydrogen-bond donors (Lipinski definition) is 0. The third-order valence-electron chi connectivity index (χ3n) is 4.38. The summed E-state index contributed by atoms with van der Waals surface area (Å²) in [4.78, 5) is 0. The number of rotatable bonds is 8. The van der Waals surface area contributed by atoms with E-state index in [-0.39, 0.29) is 0 Å². The maximum absolute atomic E-state index is 13.0. The molecule has 0 saturated carbocycles. The Hall–Kier alpha value is -3.92. The molecule has 0 aliphatic heterocycles. The van der Waals surface area contributed by atoms with E-state index in [1.165, 1.54) is 38.5 Å². The minimum Gasteiger partial charge on any atom is -0.497 e. The number of tetrazole rings is 2. The molecule has 0 atom stereocenters. The second-order valence-corrected chi connectivity index (χ2v) is 10.6. The van der Waals surface area contributed by atoms with Gasteiger partial charge in [-0.05, 0) is 69.4 Å². The van der Waals surface area contributed by atoms with Crippen LogP contribution < -0.4 is 9.47 Å². The summed E-state index contributed by atoms with van der Waals surface area (Å²) in [6.07, 6.45) is 0. The molecular formula is C17H16N8O6S2. The molecule has 4 aromatic rings. The van der Waals surface area contributed by atoms with Crippen LogP contribution >= 0.6 is 0 Å². The van der Waals surface area contributed by atoms with Gasteiger partial charge in [0.15, 0.2) is 5.08 Å². The van der Waals surface area contributed by atoms with Crippen molar-refractivity contribution in [3.05, 3.63) is 48.5 Å². The first kappa shape index (κ1) is 22.3. The second kappa shape index (κ2) is 8.55. The number of benzene rings is 2. The quantitative estimate of drug-likeness (QED) is 0.319. The predicted octanol–water partition coefficient (Wildman–Crippen LogP) is -0.140. The van der Waals surface area contributed by atoms with Crippen LogP contribution in [0, 0.1) is 0 Å². The highest BCUT2D eigenvalue weighted by Crippen LogP contribution is 2.21. The van der Waals surface area contributed by atoms with Crippen LogP contribution in [0.5, 0.6) is 11.5 Å². The lowest BCUT2D eigenvalue weighted by Gasteiger charge is -2.08. The van der Waals surface area contributed by atoms with Gasteiger partial charge in [0, 0.05) is 0 Å². The molecule has 0 bridgehead atoms. The third-order valence-corrected chi connectivity index (χ3v) is 8.49. The van der Waals surface area contributed by atoms with Crippen molar-refractivity contribution in [2.75, 3.05) is 19.3 Å². The highest BCUT2D eigenvalue weighted by atomic mass is 32.3. The van der Waals surface area contributed by atoms with Crippen molar-refractivity contribution < 1.29 is 26.3 Å². The SMILES string of the molecule is COc1ccc(-n2nnnc2S(=O)(=O)CS(=O)(=O)c2nnnn2-c2ccc(OC)cc2)cc1. The number of methoxy groups -OCH3 is 2. The average molecular weight is 492 g/mol. The molecule has 0 N–H and O–H groups in total. The molecule has 0 aliphatic rings. The van der Waals surface area contributed by atoms with E-state index in [4.69, 9.17) is 9.47 Å². The molecule has 0 spiro atoms. The molecule has 14 nitrogen and oxygen atoms in total. The Morgan fingerprint density at radius 3 is 1.36 bits per heavy atom. The van der Waals surface area contributed by atoms with Gasteiger partial charge in [-0.3, -0.25) is 0 Å². The molecule has 0 unspecified atom stereocenters. The molecule has 0 radical (unpaired) electrons. The number of aromatic nitrogens is 8. The first-order valence-electron chi connectivity index (χ1n) is 9.06.